The third-order valence-corrected chi connectivity index (χ3v) is 3.47. The highest BCUT2D eigenvalue weighted by molar-refractivity contribution is 6.31. The summed E-state index contributed by atoms with van der Waals surface area (Å²) in [5.74, 6) is 0.684. The van der Waals surface area contributed by atoms with E-state index in [-0.39, 0.29) is 12.2 Å². The number of nitrogens with one attached hydrogen (secondary N) is 2. The second-order valence-electron chi connectivity index (χ2n) is 4.85. The zero-order chi connectivity index (χ0) is 17.7. The molecule has 2 aromatic carbocycles. The van der Waals surface area contributed by atoms with Crippen LogP contribution in [-0.2, 0) is 12.7 Å². The minimum Gasteiger partial charge on any atom is -0.497 e. The van der Waals surface area contributed by atoms with Crippen LogP contribution in [0, 0.1) is 0 Å². The molecule has 24 heavy (non-hydrogen) atoms. The van der Waals surface area contributed by atoms with E-state index in [1.165, 1.54) is 6.07 Å². The van der Waals surface area contributed by atoms with Crippen LogP contribution in [0.3, 0.4) is 0 Å². The summed E-state index contributed by atoms with van der Waals surface area (Å²) in [4.78, 5) is 11.8. The monoisotopic (exact) mass is 358 g/mol. The molecule has 0 aliphatic heterocycles. The minimum absolute atomic E-state index is 0.000967. The van der Waals surface area contributed by atoms with Crippen molar-refractivity contribution >= 4 is 23.3 Å². The van der Waals surface area contributed by atoms with Crippen molar-refractivity contribution in [2.45, 2.75) is 12.7 Å². The fourth-order valence-corrected chi connectivity index (χ4v) is 2.15. The number of ether oxygens (including phenoxy) is 1. The Morgan fingerprint density at radius 2 is 1.83 bits per heavy atom. The van der Waals surface area contributed by atoms with Gasteiger partial charge in [0, 0.05) is 12.2 Å². The molecular formula is C16H14ClF3N2O2. The molecule has 2 aromatic rings. The van der Waals surface area contributed by atoms with Crippen molar-refractivity contribution in [1.29, 1.82) is 0 Å². The standard InChI is InChI=1S/C16H14ClF3N2O2/c1-24-12-5-2-10(3-6-12)9-21-15(23)22-11-4-7-14(17)13(8-11)16(18,19)20/h2-8H,9H2,1H3,(H2,21,22,23). The summed E-state index contributed by atoms with van der Waals surface area (Å²) in [6, 6.07) is 9.56. The van der Waals surface area contributed by atoms with Gasteiger partial charge in [-0.1, -0.05) is 23.7 Å². The zero-order valence-electron chi connectivity index (χ0n) is 12.6. The molecule has 0 heterocycles. The lowest BCUT2D eigenvalue weighted by Crippen LogP contribution is -2.28. The van der Waals surface area contributed by atoms with Crippen molar-refractivity contribution in [2.75, 3.05) is 12.4 Å². The molecule has 2 rings (SSSR count). The third kappa shape index (κ3) is 4.79. The lowest BCUT2D eigenvalue weighted by atomic mass is 10.2. The molecule has 0 fully saturated rings. The molecular weight excluding hydrogens is 345 g/mol. The molecule has 0 spiro atoms. The number of anilines is 1. The maximum absolute atomic E-state index is 12.8. The van der Waals surface area contributed by atoms with Crippen LogP contribution in [-0.4, -0.2) is 13.1 Å². The SMILES string of the molecule is COc1ccc(CNC(=O)Nc2ccc(Cl)c(C(F)(F)F)c2)cc1. The predicted molar refractivity (Wildman–Crippen MR) is 85.3 cm³/mol. The molecule has 0 bridgehead atoms. The molecule has 0 unspecified atom stereocenters. The van der Waals surface area contributed by atoms with Crippen LogP contribution < -0.4 is 15.4 Å². The van der Waals surface area contributed by atoms with Crippen LogP contribution in [0.2, 0.25) is 5.02 Å². The van der Waals surface area contributed by atoms with E-state index in [1.807, 2.05) is 0 Å². The molecule has 0 radical (unpaired) electrons. The summed E-state index contributed by atoms with van der Waals surface area (Å²) in [5.41, 5.74) is -0.186. The molecule has 2 amide bonds. The average Bonchev–Trinajstić information content (AvgIpc) is 2.54. The van der Waals surface area contributed by atoms with Gasteiger partial charge in [0.25, 0.3) is 0 Å². The van der Waals surface area contributed by atoms with Gasteiger partial charge in [-0.3, -0.25) is 0 Å². The smallest absolute Gasteiger partial charge is 0.417 e. The fourth-order valence-electron chi connectivity index (χ4n) is 1.92. The number of hydrogen-bond donors (Lipinski definition) is 2. The first-order valence-electron chi connectivity index (χ1n) is 6.84. The largest absolute Gasteiger partial charge is 0.497 e. The fraction of sp³-hybridized carbons (Fsp3) is 0.188. The molecule has 0 saturated carbocycles. The maximum Gasteiger partial charge on any atom is 0.417 e. The van der Waals surface area contributed by atoms with Crippen molar-refractivity contribution in [3.8, 4) is 5.75 Å². The van der Waals surface area contributed by atoms with Crippen molar-refractivity contribution in [2.24, 2.45) is 0 Å². The Hall–Kier alpha value is -2.41. The normalized spacial score (nSPS) is 11.0. The van der Waals surface area contributed by atoms with Crippen LogP contribution in [0.25, 0.3) is 0 Å². The van der Waals surface area contributed by atoms with Gasteiger partial charge in [0.2, 0.25) is 0 Å². The van der Waals surface area contributed by atoms with Gasteiger partial charge in [-0.05, 0) is 35.9 Å². The van der Waals surface area contributed by atoms with Gasteiger partial charge < -0.3 is 15.4 Å². The summed E-state index contributed by atoms with van der Waals surface area (Å²) in [6.45, 7) is 0.218. The summed E-state index contributed by atoms with van der Waals surface area (Å²) in [5, 5.41) is 4.47. The first kappa shape index (κ1) is 17.9. The van der Waals surface area contributed by atoms with E-state index in [2.05, 4.69) is 10.6 Å². The summed E-state index contributed by atoms with van der Waals surface area (Å²) < 4.78 is 43.3. The van der Waals surface area contributed by atoms with E-state index >= 15 is 0 Å². The zero-order valence-corrected chi connectivity index (χ0v) is 13.3. The molecule has 128 valence electrons. The summed E-state index contributed by atoms with van der Waals surface area (Å²) in [7, 11) is 1.54. The average molecular weight is 359 g/mol. The third-order valence-electron chi connectivity index (χ3n) is 3.14. The van der Waals surface area contributed by atoms with E-state index in [1.54, 1.807) is 31.4 Å². The Kier molecular flexibility index (Phi) is 5.56. The number of benzene rings is 2. The van der Waals surface area contributed by atoms with E-state index in [4.69, 9.17) is 16.3 Å². The van der Waals surface area contributed by atoms with Crippen molar-refractivity contribution in [1.82, 2.24) is 5.32 Å². The first-order valence-corrected chi connectivity index (χ1v) is 7.22. The Balaban J connectivity index is 1.97. The maximum atomic E-state index is 12.8. The number of halogens is 4. The second-order valence-corrected chi connectivity index (χ2v) is 5.26. The van der Waals surface area contributed by atoms with Crippen molar-refractivity contribution in [3.05, 3.63) is 58.6 Å². The highest BCUT2D eigenvalue weighted by atomic mass is 35.5. The van der Waals surface area contributed by atoms with E-state index < -0.39 is 22.8 Å². The molecule has 0 aliphatic carbocycles. The molecule has 0 saturated heterocycles. The van der Waals surface area contributed by atoms with Crippen LogP contribution >= 0.6 is 11.6 Å². The highest BCUT2D eigenvalue weighted by Gasteiger charge is 2.33. The van der Waals surface area contributed by atoms with Crippen LogP contribution in [0.1, 0.15) is 11.1 Å². The number of carbonyl (C=O) groups is 1. The minimum atomic E-state index is -4.59. The van der Waals surface area contributed by atoms with Gasteiger partial charge in [0.1, 0.15) is 5.75 Å². The van der Waals surface area contributed by atoms with E-state index in [0.29, 0.717) is 5.75 Å². The summed E-state index contributed by atoms with van der Waals surface area (Å²) in [6.07, 6.45) is -4.59. The van der Waals surface area contributed by atoms with E-state index in [0.717, 1.165) is 17.7 Å². The molecule has 0 aromatic heterocycles. The number of hydrogen-bond acceptors (Lipinski definition) is 2. The van der Waals surface area contributed by atoms with Crippen LogP contribution in [0.5, 0.6) is 5.75 Å². The van der Waals surface area contributed by atoms with Crippen LogP contribution in [0.4, 0.5) is 23.7 Å². The number of amides is 2. The van der Waals surface area contributed by atoms with Crippen molar-refractivity contribution in [3.63, 3.8) is 0 Å². The number of rotatable bonds is 4. The number of urea groups is 1. The molecule has 8 heteroatoms. The number of carbonyl (C=O) groups excluding carboxylic acids is 1. The molecule has 2 N–H and O–H groups in total. The first-order chi connectivity index (χ1) is 11.3. The van der Waals surface area contributed by atoms with Gasteiger partial charge in [0.15, 0.2) is 0 Å². The van der Waals surface area contributed by atoms with Crippen molar-refractivity contribution < 1.29 is 22.7 Å². The molecule has 0 aliphatic rings. The second kappa shape index (κ2) is 7.44. The quantitative estimate of drug-likeness (QED) is 0.833. The topological polar surface area (TPSA) is 50.4 Å². The Labute approximate surface area is 141 Å². The highest BCUT2D eigenvalue weighted by Crippen LogP contribution is 2.36. The number of alkyl halides is 3. The lowest BCUT2D eigenvalue weighted by molar-refractivity contribution is -0.137. The Morgan fingerprint density at radius 1 is 1.17 bits per heavy atom. The van der Waals surface area contributed by atoms with Gasteiger partial charge in [-0.15, -0.1) is 0 Å². The van der Waals surface area contributed by atoms with Gasteiger partial charge in [-0.2, -0.15) is 13.2 Å². The summed E-state index contributed by atoms with van der Waals surface area (Å²) >= 11 is 5.52. The Bertz CT molecular complexity index is 718. The van der Waals surface area contributed by atoms with Crippen LogP contribution in [0.15, 0.2) is 42.5 Å². The van der Waals surface area contributed by atoms with Gasteiger partial charge >= 0.3 is 12.2 Å². The van der Waals surface area contributed by atoms with Gasteiger partial charge in [0.05, 0.1) is 17.7 Å². The Morgan fingerprint density at radius 3 is 2.42 bits per heavy atom. The molecule has 4 nitrogen and oxygen atoms in total. The predicted octanol–water partition coefficient (Wildman–Crippen LogP) is 4.69. The van der Waals surface area contributed by atoms with Gasteiger partial charge in [-0.25, -0.2) is 4.79 Å². The lowest BCUT2D eigenvalue weighted by Gasteiger charge is -2.12. The number of methoxy groups -OCH3 is 1. The molecule has 0 atom stereocenters. The van der Waals surface area contributed by atoms with E-state index in [9.17, 15) is 18.0 Å².